The first-order chi connectivity index (χ1) is 18.1. The maximum atomic E-state index is 10.8. The number of fused-ring (bicyclic) bond motifs is 1. The third-order valence-electron chi connectivity index (χ3n) is 7.08. The molecule has 2 unspecified atom stereocenters. The lowest BCUT2D eigenvalue weighted by Gasteiger charge is -2.57. The lowest BCUT2D eigenvalue weighted by molar-refractivity contribution is -0.471. The average Bonchev–Trinajstić information content (AvgIpc) is 2.90. The Bertz CT molecular complexity index is 1060. The van der Waals surface area contributed by atoms with Gasteiger partial charge in [-0.1, -0.05) is 20.5 Å². The van der Waals surface area contributed by atoms with E-state index in [9.17, 15) is 15.7 Å². The van der Waals surface area contributed by atoms with E-state index >= 15 is 0 Å². The predicted molar refractivity (Wildman–Crippen MR) is 124 cm³/mol. The van der Waals surface area contributed by atoms with Crippen molar-refractivity contribution in [3.63, 3.8) is 0 Å². The summed E-state index contributed by atoms with van der Waals surface area (Å²) in [6.45, 7) is 2.84. The Morgan fingerprint density at radius 2 is 1.42 bits per heavy atom. The van der Waals surface area contributed by atoms with Crippen molar-refractivity contribution in [1.82, 2.24) is 0 Å². The highest BCUT2D eigenvalue weighted by Gasteiger charge is 2.62. The quantitative estimate of drug-likeness (QED) is 0.247. The normalized spacial score (nSPS) is 44.3. The highest BCUT2D eigenvalue weighted by molar-refractivity contribution is 5.05. The van der Waals surface area contributed by atoms with Crippen molar-refractivity contribution in [1.29, 1.82) is 0 Å². The van der Waals surface area contributed by atoms with Crippen molar-refractivity contribution < 1.29 is 38.6 Å². The number of rotatable bonds is 9. The molecule has 3 fully saturated rings. The van der Waals surface area contributed by atoms with E-state index in [1.807, 2.05) is 0 Å². The SMILES string of the molecule is COC1(C)O[C@@H]2[C@@H](N=[N+]=[N-])[C@@H](O[C@H]3[C@H](O)[C@@H](O)[C@H](N=[N+]=[N-])C[C@@H]3N=[N+]=[N-])O[C@H](CN=[N+]=[N-])[C@H]2OC1(C)OC. The van der Waals surface area contributed by atoms with Crippen LogP contribution in [0.5, 0.6) is 0 Å². The van der Waals surface area contributed by atoms with Crippen molar-refractivity contribution in [2.75, 3.05) is 20.8 Å². The number of azide groups is 4. The van der Waals surface area contributed by atoms with Gasteiger partial charge in [-0.2, -0.15) is 0 Å². The average molecular weight is 540 g/mol. The predicted octanol–water partition coefficient (Wildman–Crippen LogP) is 2.08. The van der Waals surface area contributed by atoms with Gasteiger partial charge in [-0.15, -0.1) is 0 Å². The van der Waals surface area contributed by atoms with E-state index in [0.717, 1.165) is 0 Å². The maximum Gasteiger partial charge on any atom is 0.220 e. The van der Waals surface area contributed by atoms with Gasteiger partial charge >= 0.3 is 0 Å². The lowest BCUT2D eigenvalue weighted by Crippen LogP contribution is -2.73. The first kappa shape index (κ1) is 29.5. The van der Waals surface area contributed by atoms with Crippen molar-refractivity contribution in [2.45, 2.75) is 92.9 Å². The van der Waals surface area contributed by atoms with E-state index in [2.05, 4.69) is 40.1 Å². The molecule has 0 aromatic carbocycles. The minimum absolute atomic E-state index is 0.155. The molecular weight excluding hydrogens is 512 g/mol. The summed E-state index contributed by atoms with van der Waals surface area (Å²) in [6, 6.07) is -3.48. The van der Waals surface area contributed by atoms with Crippen LogP contribution in [-0.4, -0.2) is 104 Å². The third kappa shape index (κ3) is 5.39. The summed E-state index contributed by atoms with van der Waals surface area (Å²) >= 11 is 0. The van der Waals surface area contributed by atoms with Crippen LogP contribution in [0.25, 0.3) is 41.8 Å². The zero-order chi connectivity index (χ0) is 28.1. The van der Waals surface area contributed by atoms with E-state index in [0.29, 0.717) is 0 Å². The fourth-order valence-corrected chi connectivity index (χ4v) is 4.78. The highest BCUT2D eigenvalue weighted by atomic mass is 16.8. The van der Waals surface area contributed by atoms with Crippen molar-refractivity contribution in [3.8, 4) is 0 Å². The van der Waals surface area contributed by atoms with Crippen LogP contribution in [-0.2, 0) is 28.4 Å². The molecule has 1 saturated carbocycles. The molecule has 3 rings (SSSR count). The van der Waals surface area contributed by atoms with Gasteiger partial charge in [0.25, 0.3) is 0 Å². The lowest BCUT2D eigenvalue weighted by atomic mass is 9.84. The Morgan fingerprint density at radius 3 is 1.97 bits per heavy atom. The van der Waals surface area contributed by atoms with Gasteiger partial charge in [-0.3, -0.25) is 0 Å². The van der Waals surface area contributed by atoms with Crippen LogP contribution in [0.15, 0.2) is 20.5 Å². The van der Waals surface area contributed by atoms with E-state index in [1.165, 1.54) is 14.2 Å². The molecule has 12 atom stereocenters. The van der Waals surface area contributed by atoms with E-state index in [1.54, 1.807) is 13.8 Å². The summed E-state index contributed by atoms with van der Waals surface area (Å²) in [5.74, 6) is -2.99. The molecule has 2 N–H and O–H groups in total. The molecule has 2 aliphatic heterocycles. The van der Waals surface area contributed by atoms with Crippen molar-refractivity contribution >= 4 is 0 Å². The highest BCUT2D eigenvalue weighted by Crippen LogP contribution is 2.45. The molecule has 3 aliphatic rings. The standard InChI is InChI=1S/C18H28N12O8/c1-17(33-3)18(2,34-4)38-15-10(26-30-22)16(35-9(6-23-27-19)14(15)37-17)36-13-8(25-29-21)5-7(24-28-20)11(31)12(13)32/h7-16,31-32H,5-6H2,1-4H3/t7-,8+,9-,10-,11+,12-,13-,14-,15-,16-,17?,18?/m1/s1. The van der Waals surface area contributed by atoms with Gasteiger partial charge in [-0.25, -0.2) is 0 Å². The molecule has 0 amide bonds. The number of aliphatic hydroxyl groups is 2. The second-order valence-corrected chi connectivity index (χ2v) is 8.98. The van der Waals surface area contributed by atoms with Gasteiger partial charge in [0, 0.05) is 33.9 Å². The molecular formula is C18H28N12O8. The summed E-state index contributed by atoms with van der Waals surface area (Å²) in [5, 5.41) is 35.7. The van der Waals surface area contributed by atoms with Crippen molar-refractivity contribution in [2.24, 2.45) is 20.5 Å². The minimum Gasteiger partial charge on any atom is -0.390 e. The molecule has 0 aromatic rings. The Labute approximate surface area is 215 Å². The van der Waals surface area contributed by atoms with Crippen LogP contribution in [0.1, 0.15) is 20.3 Å². The smallest absolute Gasteiger partial charge is 0.220 e. The monoisotopic (exact) mass is 540 g/mol. The minimum atomic E-state index is -1.69. The molecule has 2 heterocycles. The number of nitrogens with zero attached hydrogens (tertiary/aromatic N) is 12. The van der Waals surface area contributed by atoms with Gasteiger partial charge in [0.15, 0.2) is 6.29 Å². The summed E-state index contributed by atoms with van der Waals surface area (Å²) in [6.07, 6.45) is -9.40. The summed E-state index contributed by atoms with van der Waals surface area (Å²) < 4.78 is 35.4. The second-order valence-electron chi connectivity index (χ2n) is 8.98. The van der Waals surface area contributed by atoms with E-state index < -0.39 is 72.6 Å². The largest absolute Gasteiger partial charge is 0.390 e. The molecule has 1 aliphatic carbocycles. The number of aliphatic hydroxyl groups excluding tert-OH is 2. The van der Waals surface area contributed by atoms with Gasteiger partial charge in [-0.05, 0) is 42.4 Å². The number of methoxy groups -OCH3 is 2. The molecule has 20 heteroatoms. The van der Waals surface area contributed by atoms with Crippen LogP contribution >= 0.6 is 0 Å². The molecule has 20 nitrogen and oxygen atoms in total. The Hall–Kier alpha value is -3.08. The van der Waals surface area contributed by atoms with Gasteiger partial charge in [0.2, 0.25) is 11.6 Å². The summed E-state index contributed by atoms with van der Waals surface area (Å²) in [4.78, 5) is 11.0. The van der Waals surface area contributed by atoms with Crippen LogP contribution < -0.4 is 0 Å². The third-order valence-corrected chi connectivity index (χ3v) is 7.08. The fourth-order valence-electron chi connectivity index (χ4n) is 4.78. The van der Waals surface area contributed by atoms with Crippen LogP contribution in [0.4, 0.5) is 0 Å². The molecule has 0 spiro atoms. The van der Waals surface area contributed by atoms with Gasteiger partial charge < -0.3 is 38.6 Å². The first-order valence-corrected chi connectivity index (χ1v) is 11.4. The molecule has 2 saturated heterocycles. The summed E-state index contributed by atoms with van der Waals surface area (Å²) in [5.41, 5.74) is 36.0. The Balaban J connectivity index is 2.01. The second kappa shape index (κ2) is 12.2. The van der Waals surface area contributed by atoms with Gasteiger partial charge in [0.1, 0.15) is 24.4 Å². The molecule has 0 aromatic heterocycles. The summed E-state index contributed by atoms with van der Waals surface area (Å²) in [7, 11) is 2.73. The zero-order valence-electron chi connectivity index (χ0n) is 20.9. The van der Waals surface area contributed by atoms with Crippen LogP contribution in [0, 0.1) is 0 Å². The van der Waals surface area contributed by atoms with Gasteiger partial charge in [0.05, 0.1) is 36.9 Å². The van der Waals surface area contributed by atoms with E-state index in [-0.39, 0.29) is 13.0 Å². The number of ether oxygens (including phenoxy) is 6. The number of hydrogen-bond acceptors (Lipinski definition) is 12. The Kier molecular flexibility index (Phi) is 9.45. The van der Waals surface area contributed by atoms with Crippen LogP contribution in [0.3, 0.4) is 0 Å². The molecule has 0 bridgehead atoms. The van der Waals surface area contributed by atoms with Crippen molar-refractivity contribution in [3.05, 3.63) is 41.8 Å². The first-order valence-electron chi connectivity index (χ1n) is 11.4. The molecule has 38 heavy (non-hydrogen) atoms. The maximum absolute atomic E-state index is 10.8. The topological polar surface area (TPSA) is 291 Å². The molecule has 0 radical (unpaired) electrons. The Morgan fingerprint density at radius 1 is 0.842 bits per heavy atom. The fraction of sp³-hybridized carbons (Fsp3) is 1.00. The number of hydrogen-bond donors (Lipinski definition) is 2. The van der Waals surface area contributed by atoms with Crippen LogP contribution in [0.2, 0.25) is 0 Å². The zero-order valence-corrected chi connectivity index (χ0v) is 20.9. The molecule has 208 valence electrons. The van der Waals surface area contributed by atoms with E-state index in [4.69, 9.17) is 45.0 Å².